The van der Waals surface area contributed by atoms with Crippen molar-refractivity contribution in [2.45, 2.75) is 25.8 Å². The van der Waals surface area contributed by atoms with E-state index in [4.69, 9.17) is 15.2 Å². The highest BCUT2D eigenvalue weighted by Gasteiger charge is 2.39. The Morgan fingerprint density at radius 1 is 1.15 bits per heavy atom. The number of rotatable bonds is 6. The number of nitrogens with two attached hydrogens (primary N) is 1. The van der Waals surface area contributed by atoms with Gasteiger partial charge in [0.1, 0.15) is 11.5 Å². The van der Waals surface area contributed by atoms with Gasteiger partial charge >= 0.3 is 0 Å². The van der Waals surface area contributed by atoms with Gasteiger partial charge in [-0.15, -0.1) is 0 Å². The molecule has 1 unspecified atom stereocenters. The Morgan fingerprint density at radius 3 is 2.50 bits per heavy atom. The third-order valence-electron chi connectivity index (χ3n) is 5.03. The molecule has 2 aromatic carbocycles. The Bertz CT molecular complexity index is 727. The van der Waals surface area contributed by atoms with Crippen LogP contribution < -0.4 is 15.8 Å². The maximum atomic E-state index is 12.9. The van der Waals surface area contributed by atoms with Crippen molar-refractivity contribution in [1.82, 2.24) is 5.32 Å². The standard InChI is InChI=1S/C21H26N2O3/c1-16(23-20(24)21(15-22)11-13-25-14-12-21)18-9-5-6-10-19(18)26-17-7-3-2-4-8-17/h2-10,16H,11-15,22H2,1H3,(H,23,24). The lowest BCUT2D eigenvalue weighted by Gasteiger charge is -2.35. The van der Waals surface area contributed by atoms with E-state index < -0.39 is 5.41 Å². The monoisotopic (exact) mass is 354 g/mol. The van der Waals surface area contributed by atoms with Crippen molar-refractivity contribution in [3.63, 3.8) is 0 Å². The molecule has 3 N–H and O–H groups in total. The van der Waals surface area contributed by atoms with E-state index in [9.17, 15) is 4.79 Å². The molecule has 0 aromatic heterocycles. The fourth-order valence-electron chi connectivity index (χ4n) is 3.26. The summed E-state index contributed by atoms with van der Waals surface area (Å²) in [5.74, 6) is 1.49. The van der Waals surface area contributed by atoms with Crippen molar-refractivity contribution in [2.75, 3.05) is 19.8 Å². The van der Waals surface area contributed by atoms with E-state index in [2.05, 4.69) is 5.32 Å². The van der Waals surface area contributed by atoms with Gasteiger partial charge in [-0.3, -0.25) is 4.79 Å². The number of carbonyl (C=O) groups excluding carboxylic acids is 1. The van der Waals surface area contributed by atoms with Crippen LogP contribution in [0, 0.1) is 5.41 Å². The summed E-state index contributed by atoms with van der Waals surface area (Å²) >= 11 is 0. The van der Waals surface area contributed by atoms with Gasteiger partial charge in [-0.2, -0.15) is 0 Å². The smallest absolute Gasteiger partial charge is 0.228 e. The van der Waals surface area contributed by atoms with E-state index in [1.54, 1.807) is 0 Å². The molecule has 1 saturated heterocycles. The zero-order valence-corrected chi connectivity index (χ0v) is 15.1. The number of ether oxygens (including phenoxy) is 2. The summed E-state index contributed by atoms with van der Waals surface area (Å²) in [7, 11) is 0. The lowest BCUT2D eigenvalue weighted by Crippen LogP contribution is -2.49. The number of carbonyl (C=O) groups is 1. The molecule has 26 heavy (non-hydrogen) atoms. The Morgan fingerprint density at radius 2 is 1.81 bits per heavy atom. The predicted octanol–water partition coefficient (Wildman–Crippen LogP) is 3.41. The van der Waals surface area contributed by atoms with E-state index in [1.165, 1.54) is 0 Å². The molecule has 0 bridgehead atoms. The van der Waals surface area contributed by atoms with Gasteiger partial charge in [-0.25, -0.2) is 0 Å². The molecule has 1 fully saturated rings. The van der Waals surface area contributed by atoms with Crippen LogP contribution in [0.3, 0.4) is 0 Å². The lowest BCUT2D eigenvalue weighted by molar-refractivity contribution is -0.136. The van der Waals surface area contributed by atoms with Crippen molar-refractivity contribution in [1.29, 1.82) is 0 Å². The van der Waals surface area contributed by atoms with E-state index in [-0.39, 0.29) is 11.9 Å². The highest BCUT2D eigenvalue weighted by Crippen LogP contribution is 2.33. The van der Waals surface area contributed by atoms with Crippen LogP contribution in [0.25, 0.3) is 0 Å². The van der Waals surface area contributed by atoms with Gasteiger partial charge in [-0.05, 0) is 38.0 Å². The maximum absolute atomic E-state index is 12.9. The third-order valence-corrected chi connectivity index (χ3v) is 5.03. The Balaban J connectivity index is 1.75. The van der Waals surface area contributed by atoms with Gasteiger partial charge in [0.2, 0.25) is 5.91 Å². The van der Waals surface area contributed by atoms with Crippen LogP contribution in [0.5, 0.6) is 11.5 Å². The molecule has 0 spiro atoms. The molecule has 1 amide bonds. The second-order valence-electron chi connectivity index (χ2n) is 6.74. The van der Waals surface area contributed by atoms with Crippen molar-refractivity contribution >= 4 is 5.91 Å². The van der Waals surface area contributed by atoms with Gasteiger partial charge in [0.15, 0.2) is 0 Å². The SMILES string of the molecule is CC(NC(=O)C1(CN)CCOCC1)c1ccccc1Oc1ccccc1. The van der Waals surface area contributed by atoms with Crippen LogP contribution in [-0.4, -0.2) is 25.7 Å². The fraction of sp³-hybridized carbons (Fsp3) is 0.381. The average molecular weight is 354 g/mol. The molecular weight excluding hydrogens is 328 g/mol. The van der Waals surface area contributed by atoms with E-state index in [0.717, 1.165) is 17.1 Å². The molecule has 1 heterocycles. The Hall–Kier alpha value is -2.37. The Labute approximate surface area is 154 Å². The summed E-state index contributed by atoms with van der Waals surface area (Å²) in [6.07, 6.45) is 1.31. The molecule has 5 nitrogen and oxygen atoms in total. The summed E-state index contributed by atoms with van der Waals surface area (Å²) in [5.41, 5.74) is 6.34. The summed E-state index contributed by atoms with van der Waals surface area (Å²) < 4.78 is 11.4. The molecular formula is C21H26N2O3. The molecule has 0 aliphatic carbocycles. The highest BCUT2D eigenvalue weighted by molar-refractivity contribution is 5.83. The minimum atomic E-state index is -0.540. The van der Waals surface area contributed by atoms with Crippen LogP contribution in [0.15, 0.2) is 54.6 Å². The number of hydrogen-bond donors (Lipinski definition) is 2. The fourth-order valence-corrected chi connectivity index (χ4v) is 3.26. The summed E-state index contributed by atoms with van der Waals surface area (Å²) in [5, 5.41) is 3.13. The topological polar surface area (TPSA) is 73.6 Å². The van der Waals surface area contributed by atoms with Gasteiger partial charge in [-0.1, -0.05) is 36.4 Å². The maximum Gasteiger partial charge on any atom is 0.228 e. The largest absolute Gasteiger partial charge is 0.457 e. The second-order valence-corrected chi connectivity index (χ2v) is 6.74. The van der Waals surface area contributed by atoms with Crippen molar-refractivity contribution in [3.8, 4) is 11.5 Å². The van der Waals surface area contributed by atoms with Crippen LogP contribution in [0.2, 0.25) is 0 Å². The number of hydrogen-bond acceptors (Lipinski definition) is 4. The molecule has 3 rings (SSSR count). The van der Waals surface area contributed by atoms with E-state index >= 15 is 0 Å². The second kappa shape index (κ2) is 8.34. The third kappa shape index (κ3) is 4.06. The molecule has 1 aliphatic rings. The van der Waals surface area contributed by atoms with Crippen LogP contribution in [0.1, 0.15) is 31.4 Å². The van der Waals surface area contributed by atoms with Gasteiger partial charge in [0, 0.05) is 25.3 Å². The summed E-state index contributed by atoms with van der Waals surface area (Å²) in [4.78, 5) is 12.9. The Kier molecular flexibility index (Phi) is 5.91. The van der Waals surface area contributed by atoms with E-state index in [0.29, 0.717) is 32.6 Å². The van der Waals surface area contributed by atoms with Crippen LogP contribution >= 0.6 is 0 Å². The first kappa shape index (κ1) is 18.4. The molecule has 5 heteroatoms. The number of amides is 1. The zero-order chi connectivity index (χ0) is 18.4. The summed E-state index contributed by atoms with van der Waals surface area (Å²) in [6, 6.07) is 17.2. The van der Waals surface area contributed by atoms with Crippen LogP contribution in [0.4, 0.5) is 0 Å². The lowest BCUT2D eigenvalue weighted by atomic mass is 9.79. The molecule has 0 radical (unpaired) electrons. The molecule has 2 aromatic rings. The zero-order valence-electron chi connectivity index (χ0n) is 15.1. The molecule has 1 atom stereocenters. The van der Waals surface area contributed by atoms with Crippen LogP contribution in [-0.2, 0) is 9.53 Å². The van der Waals surface area contributed by atoms with E-state index in [1.807, 2.05) is 61.5 Å². The van der Waals surface area contributed by atoms with Crippen molar-refractivity contribution in [2.24, 2.45) is 11.1 Å². The number of para-hydroxylation sites is 2. The predicted molar refractivity (Wildman–Crippen MR) is 101 cm³/mol. The molecule has 0 saturated carbocycles. The molecule has 1 aliphatic heterocycles. The first-order valence-corrected chi connectivity index (χ1v) is 9.05. The summed E-state index contributed by atoms with van der Waals surface area (Å²) in [6.45, 7) is 3.45. The normalized spacial score (nSPS) is 17.3. The quantitative estimate of drug-likeness (QED) is 0.834. The van der Waals surface area contributed by atoms with Crippen molar-refractivity contribution in [3.05, 3.63) is 60.2 Å². The highest BCUT2D eigenvalue weighted by atomic mass is 16.5. The minimum absolute atomic E-state index is 0.00897. The van der Waals surface area contributed by atoms with Gasteiger partial charge < -0.3 is 20.5 Å². The first-order valence-electron chi connectivity index (χ1n) is 9.05. The first-order chi connectivity index (χ1) is 12.6. The van der Waals surface area contributed by atoms with Gasteiger partial charge in [0.25, 0.3) is 0 Å². The molecule has 138 valence electrons. The van der Waals surface area contributed by atoms with Crippen molar-refractivity contribution < 1.29 is 14.3 Å². The van der Waals surface area contributed by atoms with Gasteiger partial charge in [0.05, 0.1) is 11.5 Å². The average Bonchev–Trinajstić information content (AvgIpc) is 2.69. The minimum Gasteiger partial charge on any atom is -0.457 e. The number of benzene rings is 2. The number of nitrogens with one attached hydrogen (secondary N) is 1.